The number of nitrogens with one attached hydrogen (secondary N) is 1. The van der Waals surface area contributed by atoms with Gasteiger partial charge in [-0.3, -0.25) is 9.36 Å². The van der Waals surface area contributed by atoms with Crippen molar-refractivity contribution in [3.05, 3.63) is 69.6 Å². The number of hydrogen-bond donors (Lipinski definition) is 1. The number of benzene rings is 1. The average molecular weight is 523 g/mol. The molecule has 0 aliphatic carbocycles. The Labute approximate surface area is 198 Å². The van der Waals surface area contributed by atoms with Crippen LogP contribution in [0.25, 0.3) is 0 Å². The third-order valence-corrected chi connectivity index (χ3v) is 6.24. The summed E-state index contributed by atoms with van der Waals surface area (Å²) in [5.74, 6) is 1.83. The predicted molar refractivity (Wildman–Crippen MR) is 127 cm³/mol. The van der Waals surface area contributed by atoms with E-state index in [9.17, 15) is 4.79 Å². The topological polar surface area (TPSA) is 81.9 Å². The summed E-state index contributed by atoms with van der Waals surface area (Å²) in [4.78, 5) is 16.4. The number of rotatable bonds is 9. The summed E-state index contributed by atoms with van der Waals surface area (Å²) in [6.45, 7) is 8.40. The molecular formula is C21H21BrClN5O2S. The molecule has 3 rings (SSSR count). The van der Waals surface area contributed by atoms with Crippen molar-refractivity contribution < 1.29 is 9.53 Å². The van der Waals surface area contributed by atoms with Gasteiger partial charge in [-0.2, -0.15) is 0 Å². The van der Waals surface area contributed by atoms with E-state index in [0.717, 1.165) is 20.6 Å². The van der Waals surface area contributed by atoms with Gasteiger partial charge in [0.25, 0.3) is 0 Å². The van der Waals surface area contributed by atoms with Gasteiger partial charge < -0.3 is 10.1 Å². The summed E-state index contributed by atoms with van der Waals surface area (Å²) < 4.78 is 8.62. The van der Waals surface area contributed by atoms with Gasteiger partial charge >= 0.3 is 0 Å². The van der Waals surface area contributed by atoms with E-state index in [1.807, 2.05) is 36.6 Å². The lowest BCUT2D eigenvalue weighted by Crippen LogP contribution is -2.15. The van der Waals surface area contributed by atoms with Crippen LogP contribution in [0.2, 0.25) is 5.02 Å². The first-order chi connectivity index (χ1) is 14.9. The minimum atomic E-state index is -0.183. The summed E-state index contributed by atoms with van der Waals surface area (Å²) in [5.41, 5.74) is 1.90. The van der Waals surface area contributed by atoms with E-state index in [2.05, 4.69) is 43.0 Å². The molecule has 0 aliphatic rings. The number of halogens is 2. The van der Waals surface area contributed by atoms with Crippen LogP contribution in [0.3, 0.4) is 0 Å². The van der Waals surface area contributed by atoms with Crippen LogP contribution in [0, 0.1) is 13.8 Å². The third kappa shape index (κ3) is 6.32. The number of pyridine rings is 1. The molecule has 0 fully saturated rings. The summed E-state index contributed by atoms with van der Waals surface area (Å²) >= 11 is 10.8. The minimum Gasteiger partial charge on any atom is -0.486 e. The fourth-order valence-corrected chi connectivity index (χ4v) is 3.85. The van der Waals surface area contributed by atoms with Crippen LogP contribution in [0.1, 0.15) is 17.0 Å². The summed E-state index contributed by atoms with van der Waals surface area (Å²) in [6.07, 6.45) is 3.37. The number of nitrogens with zero attached hydrogens (tertiary/aromatic N) is 4. The molecule has 1 N–H and O–H groups in total. The zero-order chi connectivity index (χ0) is 22.4. The van der Waals surface area contributed by atoms with E-state index in [4.69, 9.17) is 16.3 Å². The summed E-state index contributed by atoms with van der Waals surface area (Å²) in [6, 6.07) is 7.31. The highest BCUT2D eigenvalue weighted by Crippen LogP contribution is 2.26. The molecule has 0 radical (unpaired) electrons. The molecule has 3 aromatic rings. The van der Waals surface area contributed by atoms with Gasteiger partial charge in [0.2, 0.25) is 5.91 Å². The van der Waals surface area contributed by atoms with Crippen molar-refractivity contribution in [3.8, 4) is 5.75 Å². The highest BCUT2D eigenvalue weighted by molar-refractivity contribution is 9.10. The average Bonchev–Trinajstić information content (AvgIpc) is 3.12. The number of aromatic nitrogens is 4. The monoisotopic (exact) mass is 521 g/mol. The van der Waals surface area contributed by atoms with Crippen LogP contribution in [-0.2, 0) is 17.9 Å². The minimum absolute atomic E-state index is 0.170. The second-order valence-corrected chi connectivity index (χ2v) is 8.89. The second-order valence-electron chi connectivity index (χ2n) is 6.66. The van der Waals surface area contributed by atoms with Crippen molar-refractivity contribution in [2.75, 3.05) is 11.1 Å². The van der Waals surface area contributed by atoms with E-state index in [1.165, 1.54) is 11.8 Å². The van der Waals surface area contributed by atoms with Crippen LogP contribution < -0.4 is 10.1 Å². The Balaban J connectivity index is 1.63. The van der Waals surface area contributed by atoms with Gasteiger partial charge in [0.1, 0.15) is 18.2 Å². The largest absolute Gasteiger partial charge is 0.486 e. The molecule has 0 bridgehead atoms. The molecule has 0 saturated heterocycles. The third-order valence-electron chi connectivity index (χ3n) is 4.21. The van der Waals surface area contributed by atoms with Crippen molar-refractivity contribution in [3.63, 3.8) is 0 Å². The Morgan fingerprint density at radius 1 is 1.32 bits per heavy atom. The van der Waals surface area contributed by atoms with Gasteiger partial charge in [-0.05, 0) is 65.2 Å². The lowest BCUT2D eigenvalue weighted by Gasteiger charge is -2.11. The first-order valence-electron chi connectivity index (χ1n) is 9.34. The molecule has 7 nitrogen and oxygen atoms in total. The number of ether oxygens (including phenoxy) is 1. The Morgan fingerprint density at radius 3 is 2.71 bits per heavy atom. The highest BCUT2D eigenvalue weighted by Gasteiger charge is 2.15. The Hall–Kier alpha value is -2.36. The number of allylic oxidation sites excluding steroid dienone is 1. The van der Waals surface area contributed by atoms with Gasteiger partial charge in [0.05, 0.1) is 5.75 Å². The van der Waals surface area contributed by atoms with E-state index in [0.29, 0.717) is 29.1 Å². The maximum atomic E-state index is 12.3. The van der Waals surface area contributed by atoms with Crippen molar-refractivity contribution >= 4 is 51.0 Å². The molecule has 31 heavy (non-hydrogen) atoms. The molecule has 0 aliphatic heterocycles. The molecule has 1 amide bonds. The standard InChI is InChI=1S/C21H21BrClN5O2S/c1-4-7-28-18(11-30-16-8-13(2)20(23)14(3)9-16)26-27-21(28)31-12-19(29)25-17-6-5-15(22)10-24-17/h4-6,8-10H,1,7,11-12H2,2-3H3,(H,24,25,29). The van der Waals surface area contributed by atoms with Crippen LogP contribution in [-0.4, -0.2) is 31.4 Å². The van der Waals surface area contributed by atoms with Crippen molar-refractivity contribution in [2.24, 2.45) is 0 Å². The molecule has 0 spiro atoms. The number of aryl methyl sites for hydroxylation is 2. The number of hydrogen-bond acceptors (Lipinski definition) is 6. The van der Waals surface area contributed by atoms with Gasteiger partial charge in [-0.15, -0.1) is 16.8 Å². The zero-order valence-electron chi connectivity index (χ0n) is 17.1. The first kappa shape index (κ1) is 23.3. The smallest absolute Gasteiger partial charge is 0.236 e. The fraction of sp³-hybridized carbons (Fsp3) is 0.238. The number of carbonyl (C=O) groups excluding carboxylic acids is 1. The van der Waals surface area contributed by atoms with Crippen molar-refractivity contribution in [1.29, 1.82) is 0 Å². The summed E-state index contributed by atoms with van der Waals surface area (Å²) in [5, 5.41) is 12.5. The molecule has 2 aromatic heterocycles. The number of thioether (sulfide) groups is 1. The molecule has 162 valence electrons. The van der Waals surface area contributed by atoms with Gasteiger partial charge in [0.15, 0.2) is 11.0 Å². The maximum Gasteiger partial charge on any atom is 0.236 e. The Kier molecular flexibility index (Phi) is 8.11. The van der Waals surface area contributed by atoms with E-state index < -0.39 is 0 Å². The second kappa shape index (κ2) is 10.8. The molecule has 0 atom stereocenters. The van der Waals surface area contributed by atoms with Gasteiger partial charge in [0, 0.05) is 22.2 Å². The lowest BCUT2D eigenvalue weighted by atomic mass is 10.1. The Bertz CT molecular complexity index is 1060. The van der Waals surface area contributed by atoms with Gasteiger partial charge in [-0.25, -0.2) is 4.98 Å². The number of carbonyl (C=O) groups is 1. The Morgan fingerprint density at radius 2 is 2.06 bits per heavy atom. The molecule has 0 saturated carbocycles. The molecular weight excluding hydrogens is 502 g/mol. The van der Waals surface area contributed by atoms with Crippen molar-refractivity contribution in [2.45, 2.75) is 32.2 Å². The number of anilines is 1. The molecule has 0 unspecified atom stereocenters. The zero-order valence-corrected chi connectivity index (χ0v) is 20.2. The lowest BCUT2D eigenvalue weighted by molar-refractivity contribution is -0.113. The maximum absolute atomic E-state index is 12.3. The van der Waals surface area contributed by atoms with E-state index >= 15 is 0 Å². The fourth-order valence-electron chi connectivity index (χ4n) is 2.74. The van der Waals surface area contributed by atoms with E-state index in [1.54, 1.807) is 18.3 Å². The van der Waals surface area contributed by atoms with Crippen LogP contribution >= 0.6 is 39.3 Å². The van der Waals surface area contributed by atoms with Crippen LogP contribution in [0.15, 0.2) is 52.7 Å². The normalized spacial score (nSPS) is 10.7. The SMILES string of the molecule is C=CCn1c(COc2cc(C)c(Cl)c(C)c2)nnc1SCC(=O)Nc1ccc(Br)cn1. The highest BCUT2D eigenvalue weighted by atomic mass is 79.9. The van der Waals surface area contributed by atoms with Gasteiger partial charge in [-0.1, -0.05) is 29.4 Å². The summed E-state index contributed by atoms with van der Waals surface area (Å²) in [7, 11) is 0. The van der Waals surface area contributed by atoms with Crippen molar-refractivity contribution in [1.82, 2.24) is 19.7 Å². The quantitative estimate of drug-likeness (QED) is 0.307. The van der Waals surface area contributed by atoms with Crippen LogP contribution in [0.4, 0.5) is 5.82 Å². The number of amides is 1. The molecule has 1 aromatic carbocycles. The van der Waals surface area contributed by atoms with E-state index in [-0.39, 0.29) is 18.3 Å². The molecule has 10 heteroatoms. The first-order valence-corrected chi connectivity index (χ1v) is 11.5. The molecule has 2 heterocycles. The predicted octanol–water partition coefficient (Wildman–Crippen LogP) is 5.20. The van der Waals surface area contributed by atoms with Crippen LogP contribution in [0.5, 0.6) is 5.75 Å².